The lowest BCUT2D eigenvalue weighted by Crippen LogP contribution is -2.48. The van der Waals surface area contributed by atoms with Gasteiger partial charge < -0.3 is 10.6 Å². The van der Waals surface area contributed by atoms with E-state index < -0.39 is 0 Å². The van der Waals surface area contributed by atoms with Crippen molar-refractivity contribution in [1.29, 1.82) is 0 Å². The van der Waals surface area contributed by atoms with Gasteiger partial charge in [0.05, 0.1) is 0 Å². The van der Waals surface area contributed by atoms with Crippen LogP contribution in [0.25, 0.3) is 0 Å². The first kappa shape index (κ1) is 15.7. The number of hydrogen-bond donors (Lipinski definition) is 2. The normalized spacial score (nSPS) is 23.0. The predicted octanol–water partition coefficient (Wildman–Crippen LogP) is 2.44. The van der Waals surface area contributed by atoms with E-state index >= 15 is 0 Å². The monoisotopic (exact) mass is 380 g/mol. The van der Waals surface area contributed by atoms with Crippen molar-refractivity contribution in [3.05, 3.63) is 33.4 Å². The molecule has 0 bridgehead atoms. The largest absolute Gasteiger partial charge is 0.349 e. The molecule has 100 valence electrons. The van der Waals surface area contributed by atoms with Crippen LogP contribution in [-0.4, -0.2) is 25.0 Å². The van der Waals surface area contributed by atoms with Gasteiger partial charge >= 0.3 is 0 Å². The SMILES string of the molecule is CC1CNCCC1NC(=O)c1cccc(I)c1.Cl. The summed E-state index contributed by atoms with van der Waals surface area (Å²) in [5.41, 5.74) is 0.752. The summed E-state index contributed by atoms with van der Waals surface area (Å²) in [5.74, 6) is 0.540. The summed E-state index contributed by atoms with van der Waals surface area (Å²) >= 11 is 2.22. The quantitative estimate of drug-likeness (QED) is 0.774. The minimum absolute atomic E-state index is 0. The van der Waals surface area contributed by atoms with E-state index in [1.165, 1.54) is 0 Å². The molecule has 0 aliphatic carbocycles. The molecule has 2 atom stereocenters. The number of carbonyl (C=O) groups excluding carboxylic acids is 1. The third-order valence-electron chi connectivity index (χ3n) is 3.19. The van der Waals surface area contributed by atoms with Crippen LogP contribution in [0, 0.1) is 9.49 Å². The molecule has 3 nitrogen and oxygen atoms in total. The Balaban J connectivity index is 0.00000162. The highest BCUT2D eigenvalue weighted by atomic mass is 127. The van der Waals surface area contributed by atoms with Gasteiger partial charge in [-0.15, -0.1) is 12.4 Å². The second-order valence-corrected chi connectivity index (χ2v) is 5.81. The summed E-state index contributed by atoms with van der Waals surface area (Å²) in [6.45, 7) is 4.14. The number of rotatable bonds is 2. The van der Waals surface area contributed by atoms with Crippen LogP contribution < -0.4 is 10.6 Å². The molecule has 2 unspecified atom stereocenters. The molecular formula is C13H18ClIN2O. The fourth-order valence-electron chi connectivity index (χ4n) is 2.11. The molecule has 1 aromatic rings. The van der Waals surface area contributed by atoms with Crippen molar-refractivity contribution in [2.75, 3.05) is 13.1 Å². The fourth-order valence-corrected chi connectivity index (χ4v) is 2.65. The molecule has 5 heteroatoms. The highest BCUT2D eigenvalue weighted by Gasteiger charge is 2.22. The van der Waals surface area contributed by atoms with E-state index in [0.29, 0.717) is 12.0 Å². The number of carbonyl (C=O) groups is 1. The van der Waals surface area contributed by atoms with E-state index in [1.54, 1.807) is 0 Å². The van der Waals surface area contributed by atoms with Gasteiger partial charge in [0, 0.05) is 15.2 Å². The van der Waals surface area contributed by atoms with Crippen molar-refractivity contribution in [2.24, 2.45) is 5.92 Å². The Labute approximate surface area is 128 Å². The zero-order valence-electron chi connectivity index (χ0n) is 10.3. The van der Waals surface area contributed by atoms with Crippen LogP contribution in [0.4, 0.5) is 0 Å². The lowest BCUT2D eigenvalue weighted by molar-refractivity contribution is 0.0914. The topological polar surface area (TPSA) is 41.1 Å². The summed E-state index contributed by atoms with van der Waals surface area (Å²) in [7, 11) is 0. The first-order valence-corrected chi connectivity index (χ1v) is 7.02. The molecular weight excluding hydrogens is 363 g/mol. The molecule has 1 aromatic carbocycles. The summed E-state index contributed by atoms with van der Waals surface area (Å²) in [6, 6.07) is 7.99. The Bertz CT molecular complexity index is 414. The lowest BCUT2D eigenvalue weighted by atomic mass is 9.95. The van der Waals surface area contributed by atoms with Gasteiger partial charge in [0.2, 0.25) is 0 Å². The molecule has 2 rings (SSSR count). The maximum absolute atomic E-state index is 12.1. The third kappa shape index (κ3) is 4.10. The van der Waals surface area contributed by atoms with Crippen LogP contribution in [0.1, 0.15) is 23.7 Å². The first-order chi connectivity index (χ1) is 8.16. The van der Waals surface area contributed by atoms with E-state index in [-0.39, 0.29) is 18.3 Å². The Morgan fingerprint density at radius 3 is 2.94 bits per heavy atom. The van der Waals surface area contributed by atoms with Crippen molar-refractivity contribution in [3.8, 4) is 0 Å². The van der Waals surface area contributed by atoms with E-state index in [0.717, 1.165) is 28.6 Å². The maximum Gasteiger partial charge on any atom is 0.251 e. The molecule has 1 aliphatic heterocycles. The zero-order valence-corrected chi connectivity index (χ0v) is 13.3. The van der Waals surface area contributed by atoms with Crippen molar-refractivity contribution in [3.63, 3.8) is 0 Å². The van der Waals surface area contributed by atoms with Gasteiger partial charge in [0.25, 0.3) is 5.91 Å². The molecule has 0 spiro atoms. The van der Waals surface area contributed by atoms with Crippen LogP contribution in [0.2, 0.25) is 0 Å². The smallest absolute Gasteiger partial charge is 0.251 e. The van der Waals surface area contributed by atoms with Gasteiger partial charge in [0.15, 0.2) is 0 Å². The van der Waals surface area contributed by atoms with E-state index in [1.807, 2.05) is 24.3 Å². The number of piperidine rings is 1. The van der Waals surface area contributed by atoms with Crippen LogP contribution in [0.5, 0.6) is 0 Å². The van der Waals surface area contributed by atoms with Crippen molar-refractivity contribution in [1.82, 2.24) is 10.6 Å². The molecule has 0 aromatic heterocycles. The van der Waals surface area contributed by atoms with E-state index in [4.69, 9.17) is 0 Å². The molecule has 18 heavy (non-hydrogen) atoms. The number of nitrogens with one attached hydrogen (secondary N) is 2. The molecule has 2 N–H and O–H groups in total. The Hall–Kier alpha value is -0.330. The average Bonchev–Trinajstić information content (AvgIpc) is 2.32. The Kier molecular flexibility index (Phi) is 6.38. The first-order valence-electron chi connectivity index (χ1n) is 5.94. The molecule has 1 aliphatic rings. The van der Waals surface area contributed by atoms with Crippen LogP contribution in [-0.2, 0) is 0 Å². The molecule has 1 fully saturated rings. The van der Waals surface area contributed by atoms with Crippen molar-refractivity contribution < 1.29 is 4.79 Å². The van der Waals surface area contributed by atoms with Gasteiger partial charge in [-0.05, 0) is 66.2 Å². The van der Waals surface area contributed by atoms with Crippen LogP contribution >= 0.6 is 35.0 Å². The summed E-state index contributed by atoms with van der Waals surface area (Å²) in [4.78, 5) is 12.1. The standard InChI is InChI=1S/C13H17IN2O.ClH/c1-9-8-15-6-5-12(9)16-13(17)10-3-2-4-11(14)7-10;/h2-4,7,9,12,15H,5-6,8H2,1H3,(H,16,17);1H. The number of amides is 1. The molecule has 1 amide bonds. The second-order valence-electron chi connectivity index (χ2n) is 4.56. The number of benzene rings is 1. The number of halogens is 2. The van der Waals surface area contributed by atoms with Gasteiger partial charge in [-0.1, -0.05) is 13.0 Å². The van der Waals surface area contributed by atoms with Crippen molar-refractivity contribution >= 4 is 40.9 Å². The molecule has 1 saturated heterocycles. The second kappa shape index (κ2) is 7.31. The van der Waals surface area contributed by atoms with Crippen LogP contribution in [0.3, 0.4) is 0 Å². The van der Waals surface area contributed by atoms with Crippen molar-refractivity contribution in [2.45, 2.75) is 19.4 Å². The minimum Gasteiger partial charge on any atom is -0.349 e. The summed E-state index contributed by atoms with van der Waals surface area (Å²) < 4.78 is 1.09. The number of hydrogen-bond acceptors (Lipinski definition) is 2. The van der Waals surface area contributed by atoms with Gasteiger partial charge in [0.1, 0.15) is 0 Å². The minimum atomic E-state index is 0. The Morgan fingerprint density at radius 1 is 1.50 bits per heavy atom. The van der Waals surface area contributed by atoms with Crippen LogP contribution in [0.15, 0.2) is 24.3 Å². The highest BCUT2D eigenvalue weighted by Crippen LogP contribution is 2.12. The van der Waals surface area contributed by atoms with E-state index in [2.05, 4.69) is 40.1 Å². The summed E-state index contributed by atoms with van der Waals surface area (Å²) in [5, 5.41) is 6.46. The average molecular weight is 381 g/mol. The molecule has 0 saturated carbocycles. The van der Waals surface area contributed by atoms with Gasteiger partial charge in [-0.2, -0.15) is 0 Å². The van der Waals surface area contributed by atoms with Gasteiger partial charge in [-0.25, -0.2) is 0 Å². The third-order valence-corrected chi connectivity index (χ3v) is 3.86. The van der Waals surface area contributed by atoms with Gasteiger partial charge in [-0.3, -0.25) is 4.79 Å². The van der Waals surface area contributed by atoms with E-state index in [9.17, 15) is 4.79 Å². The Morgan fingerprint density at radius 2 is 2.28 bits per heavy atom. The summed E-state index contributed by atoms with van der Waals surface area (Å²) in [6.07, 6.45) is 1.01. The zero-order chi connectivity index (χ0) is 12.3. The maximum atomic E-state index is 12.1. The lowest BCUT2D eigenvalue weighted by Gasteiger charge is -2.30. The molecule has 1 heterocycles. The predicted molar refractivity (Wildman–Crippen MR) is 84.3 cm³/mol. The highest BCUT2D eigenvalue weighted by molar-refractivity contribution is 14.1. The molecule has 0 radical (unpaired) electrons. The fraction of sp³-hybridized carbons (Fsp3) is 0.462.